The van der Waals surface area contributed by atoms with E-state index in [9.17, 15) is 9.18 Å². The molecule has 0 fully saturated rings. The third kappa shape index (κ3) is 5.27. The molecule has 1 unspecified atom stereocenters. The van der Waals surface area contributed by atoms with Gasteiger partial charge < -0.3 is 10.4 Å². The van der Waals surface area contributed by atoms with Crippen LogP contribution in [0.5, 0.6) is 0 Å². The van der Waals surface area contributed by atoms with Crippen LogP contribution in [-0.2, 0) is 11.2 Å². The van der Waals surface area contributed by atoms with E-state index in [-0.39, 0.29) is 24.4 Å². The Labute approximate surface area is 107 Å². The lowest BCUT2D eigenvalue weighted by Gasteiger charge is -2.15. The van der Waals surface area contributed by atoms with Gasteiger partial charge in [0.05, 0.1) is 0 Å². The third-order valence-electron chi connectivity index (χ3n) is 2.89. The van der Waals surface area contributed by atoms with Crippen molar-refractivity contribution in [2.75, 3.05) is 6.61 Å². The van der Waals surface area contributed by atoms with Gasteiger partial charge >= 0.3 is 0 Å². The fraction of sp³-hybridized carbons (Fsp3) is 0.500. The monoisotopic (exact) mass is 253 g/mol. The summed E-state index contributed by atoms with van der Waals surface area (Å²) >= 11 is 0. The molecular formula is C14H20FNO2. The summed E-state index contributed by atoms with van der Waals surface area (Å²) in [4.78, 5) is 11.7. The average molecular weight is 253 g/mol. The van der Waals surface area contributed by atoms with Gasteiger partial charge in [-0.25, -0.2) is 4.39 Å². The Morgan fingerprint density at radius 1 is 1.39 bits per heavy atom. The van der Waals surface area contributed by atoms with E-state index < -0.39 is 0 Å². The first kappa shape index (κ1) is 14.6. The van der Waals surface area contributed by atoms with Crippen molar-refractivity contribution < 1.29 is 14.3 Å². The van der Waals surface area contributed by atoms with Crippen LogP contribution in [-0.4, -0.2) is 23.7 Å². The second-order valence-corrected chi connectivity index (χ2v) is 4.31. The highest BCUT2D eigenvalue weighted by Gasteiger charge is 2.09. The molecule has 1 aromatic carbocycles. The molecule has 0 aliphatic rings. The standard InChI is InChI=1S/C14H20FNO2/c1-2-13(9-10-17)16-14(18)8-5-11-3-6-12(15)7-4-11/h3-4,6-7,13,17H,2,5,8-10H2,1H3,(H,16,18). The highest BCUT2D eigenvalue weighted by molar-refractivity contribution is 5.76. The summed E-state index contributed by atoms with van der Waals surface area (Å²) in [6.45, 7) is 2.05. The normalized spacial score (nSPS) is 12.2. The van der Waals surface area contributed by atoms with E-state index in [1.807, 2.05) is 6.92 Å². The fourth-order valence-electron chi connectivity index (χ4n) is 1.74. The van der Waals surface area contributed by atoms with Gasteiger partial charge in [-0.1, -0.05) is 19.1 Å². The number of carbonyl (C=O) groups is 1. The summed E-state index contributed by atoms with van der Waals surface area (Å²) in [5.74, 6) is -0.295. The van der Waals surface area contributed by atoms with Crippen LogP contribution in [0.25, 0.3) is 0 Å². The maximum absolute atomic E-state index is 12.7. The molecule has 100 valence electrons. The predicted octanol–water partition coefficient (Wildman–Crippen LogP) is 2.04. The molecule has 0 aromatic heterocycles. The summed E-state index contributed by atoms with van der Waals surface area (Å²) in [5, 5.41) is 11.7. The molecule has 0 aliphatic carbocycles. The number of aliphatic hydroxyl groups is 1. The van der Waals surface area contributed by atoms with E-state index in [0.29, 0.717) is 19.3 Å². The SMILES string of the molecule is CCC(CCO)NC(=O)CCc1ccc(F)cc1. The molecule has 1 amide bonds. The molecule has 3 nitrogen and oxygen atoms in total. The van der Waals surface area contributed by atoms with Crippen molar-refractivity contribution in [2.45, 2.75) is 38.6 Å². The molecule has 0 saturated carbocycles. The van der Waals surface area contributed by atoms with E-state index in [2.05, 4.69) is 5.32 Å². The molecular weight excluding hydrogens is 233 g/mol. The lowest BCUT2D eigenvalue weighted by atomic mass is 10.1. The van der Waals surface area contributed by atoms with Gasteiger partial charge in [-0.05, 0) is 37.0 Å². The van der Waals surface area contributed by atoms with Crippen molar-refractivity contribution in [3.05, 3.63) is 35.6 Å². The van der Waals surface area contributed by atoms with Crippen LogP contribution in [0, 0.1) is 5.82 Å². The molecule has 0 heterocycles. The summed E-state index contributed by atoms with van der Waals surface area (Å²) in [5.41, 5.74) is 0.946. The zero-order chi connectivity index (χ0) is 13.4. The molecule has 1 rings (SSSR count). The molecule has 0 saturated heterocycles. The topological polar surface area (TPSA) is 49.3 Å². The summed E-state index contributed by atoms with van der Waals surface area (Å²) < 4.78 is 12.7. The number of hydrogen-bond acceptors (Lipinski definition) is 2. The van der Waals surface area contributed by atoms with Crippen LogP contribution in [0.3, 0.4) is 0 Å². The Morgan fingerprint density at radius 2 is 2.06 bits per heavy atom. The molecule has 1 aromatic rings. The minimum atomic E-state index is -0.266. The smallest absolute Gasteiger partial charge is 0.220 e. The average Bonchev–Trinajstić information content (AvgIpc) is 2.37. The highest BCUT2D eigenvalue weighted by atomic mass is 19.1. The lowest BCUT2D eigenvalue weighted by molar-refractivity contribution is -0.121. The highest BCUT2D eigenvalue weighted by Crippen LogP contribution is 2.06. The van der Waals surface area contributed by atoms with Crippen LogP contribution >= 0.6 is 0 Å². The van der Waals surface area contributed by atoms with Gasteiger partial charge in [0.25, 0.3) is 0 Å². The van der Waals surface area contributed by atoms with Crippen LogP contribution < -0.4 is 5.32 Å². The van der Waals surface area contributed by atoms with Gasteiger partial charge in [-0.3, -0.25) is 4.79 Å². The van der Waals surface area contributed by atoms with Crippen molar-refractivity contribution in [1.29, 1.82) is 0 Å². The number of amides is 1. The third-order valence-corrected chi connectivity index (χ3v) is 2.89. The molecule has 0 bridgehead atoms. The first-order valence-corrected chi connectivity index (χ1v) is 6.30. The van der Waals surface area contributed by atoms with Crippen LogP contribution in [0.4, 0.5) is 4.39 Å². The number of benzene rings is 1. The molecule has 0 spiro atoms. The Hall–Kier alpha value is -1.42. The zero-order valence-corrected chi connectivity index (χ0v) is 10.7. The van der Waals surface area contributed by atoms with Gasteiger partial charge in [0.1, 0.15) is 5.82 Å². The molecule has 18 heavy (non-hydrogen) atoms. The number of rotatable bonds is 7. The second kappa shape index (κ2) is 7.82. The lowest BCUT2D eigenvalue weighted by Crippen LogP contribution is -2.35. The van der Waals surface area contributed by atoms with Gasteiger partial charge in [-0.15, -0.1) is 0 Å². The van der Waals surface area contributed by atoms with Crippen LogP contribution in [0.1, 0.15) is 31.7 Å². The van der Waals surface area contributed by atoms with Crippen molar-refractivity contribution in [2.24, 2.45) is 0 Å². The van der Waals surface area contributed by atoms with E-state index in [0.717, 1.165) is 12.0 Å². The van der Waals surface area contributed by atoms with Crippen LogP contribution in [0.15, 0.2) is 24.3 Å². The second-order valence-electron chi connectivity index (χ2n) is 4.31. The maximum Gasteiger partial charge on any atom is 0.220 e. The predicted molar refractivity (Wildman–Crippen MR) is 68.6 cm³/mol. The Morgan fingerprint density at radius 3 is 2.61 bits per heavy atom. The molecule has 2 N–H and O–H groups in total. The van der Waals surface area contributed by atoms with Gasteiger partial charge in [0.2, 0.25) is 5.91 Å². The number of hydrogen-bond donors (Lipinski definition) is 2. The first-order chi connectivity index (χ1) is 8.65. The number of halogens is 1. The summed E-state index contributed by atoms with van der Waals surface area (Å²) in [7, 11) is 0. The number of carbonyl (C=O) groups excluding carboxylic acids is 1. The quantitative estimate of drug-likeness (QED) is 0.781. The number of aryl methyl sites for hydroxylation is 1. The number of aliphatic hydroxyl groups excluding tert-OH is 1. The van der Waals surface area contributed by atoms with Gasteiger partial charge in [-0.2, -0.15) is 0 Å². The van der Waals surface area contributed by atoms with Gasteiger partial charge in [0.15, 0.2) is 0 Å². The minimum Gasteiger partial charge on any atom is -0.396 e. The first-order valence-electron chi connectivity index (χ1n) is 6.30. The Kier molecular flexibility index (Phi) is 6.36. The minimum absolute atomic E-state index is 0.0281. The van der Waals surface area contributed by atoms with Gasteiger partial charge in [0, 0.05) is 19.1 Å². The van der Waals surface area contributed by atoms with Crippen molar-refractivity contribution in [1.82, 2.24) is 5.32 Å². The summed E-state index contributed by atoms with van der Waals surface area (Å²) in [6, 6.07) is 6.21. The molecule has 1 atom stereocenters. The van der Waals surface area contributed by atoms with Crippen LogP contribution in [0.2, 0.25) is 0 Å². The Balaban J connectivity index is 2.34. The molecule has 0 aliphatic heterocycles. The van der Waals surface area contributed by atoms with E-state index in [1.54, 1.807) is 12.1 Å². The number of nitrogens with one attached hydrogen (secondary N) is 1. The van der Waals surface area contributed by atoms with E-state index >= 15 is 0 Å². The molecule has 4 heteroatoms. The molecule has 0 radical (unpaired) electrons. The van der Waals surface area contributed by atoms with Crippen molar-refractivity contribution in [3.63, 3.8) is 0 Å². The van der Waals surface area contributed by atoms with E-state index in [1.165, 1.54) is 12.1 Å². The van der Waals surface area contributed by atoms with E-state index in [4.69, 9.17) is 5.11 Å². The van der Waals surface area contributed by atoms with Crippen molar-refractivity contribution >= 4 is 5.91 Å². The zero-order valence-electron chi connectivity index (χ0n) is 10.7. The van der Waals surface area contributed by atoms with Crippen molar-refractivity contribution in [3.8, 4) is 0 Å². The fourth-order valence-corrected chi connectivity index (χ4v) is 1.74. The largest absolute Gasteiger partial charge is 0.396 e. The Bertz CT molecular complexity index is 365. The maximum atomic E-state index is 12.7. The summed E-state index contributed by atoms with van der Waals surface area (Å²) in [6.07, 6.45) is 2.37.